The molecule has 2 aromatic heterocycles. The standard InChI is InChI=1S/C19H23N7O/c20-12-17-22-18(25-8-10-27-11-9-25)24-19(23-17)26(16-5-1-2-6-16)14-15-4-3-7-21-13-15/h3-4,7,13,16H,1-2,5-6,8-11,14H2. The first-order valence-electron chi connectivity index (χ1n) is 9.48. The van der Waals surface area contributed by atoms with Crippen LogP contribution < -0.4 is 9.80 Å². The van der Waals surface area contributed by atoms with Crippen molar-refractivity contribution in [3.05, 3.63) is 35.9 Å². The van der Waals surface area contributed by atoms with Crippen molar-refractivity contribution in [2.24, 2.45) is 0 Å². The van der Waals surface area contributed by atoms with E-state index in [0.717, 1.165) is 31.5 Å². The van der Waals surface area contributed by atoms with Gasteiger partial charge in [-0.05, 0) is 24.5 Å². The van der Waals surface area contributed by atoms with Gasteiger partial charge in [0.05, 0.1) is 13.2 Å². The van der Waals surface area contributed by atoms with Crippen molar-refractivity contribution in [1.82, 2.24) is 19.9 Å². The fourth-order valence-corrected chi connectivity index (χ4v) is 3.70. The van der Waals surface area contributed by atoms with Crippen LogP contribution in [0.5, 0.6) is 0 Å². The van der Waals surface area contributed by atoms with Gasteiger partial charge in [-0.2, -0.15) is 20.2 Å². The average Bonchev–Trinajstić information content (AvgIpc) is 3.27. The second kappa shape index (κ2) is 8.27. The molecule has 140 valence electrons. The Labute approximate surface area is 158 Å². The lowest BCUT2D eigenvalue weighted by Crippen LogP contribution is -2.39. The van der Waals surface area contributed by atoms with E-state index in [1.54, 1.807) is 6.20 Å². The van der Waals surface area contributed by atoms with Crippen LogP contribution in [0.3, 0.4) is 0 Å². The molecule has 0 aromatic carbocycles. The zero-order valence-electron chi connectivity index (χ0n) is 15.3. The first kappa shape index (κ1) is 17.6. The molecule has 4 rings (SSSR count). The molecule has 1 aliphatic heterocycles. The Morgan fingerprint density at radius 1 is 1.19 bits per heavy atom. The van der Waals surface area contributed by atoms with Gasteiger partial charge in [-0.25, -0.2) is 0 Å². The van der Waals surface area contributed by atoms with Crippen molar-refractivity contribution >= 4 is 11.9 Å². The fourth-order valence-electron chi connectivity index (χ4n) is 3.70. The summed E-state index contributed by atoms with van der Waals surface area (Å²) in [6, 6.07) is 6.47. The molecule has 8 nitrogen and oxygen atoms in total. The number of nitriles is 1. The molecule has 1 saturated heterocycles. The average molecular weight is 365 g/mol. The third kappa shape index (κ3) is 4.14. The summed E-state index contributed by atoms with van der Waals surface area (Å²) < 4.78 is 5.42. The molecule has 3 heterocycles. The summed E-state index contributed by atoms with van der Waals surface area (Å²) in [4.78, 5) is 22.0. The second-order valence-electron chi connectivity index (χ2n) is 6.90. The summed E-state index contributed by atoms with van der Waals surface area (Å²) in [7, 11) is 0. The Morgan fingerprint density at radius 3 is 2.70 bits per heavy atom. The van der Waals surface area contributed by atoms with Crippen molar-refractivity contribution in [3.63, 3.8) is 0 Å². The van der Waals surface area contributed by atoms with Gasteiger partial charge in [0.15, 0.2) is 0 Å². The van der Waals surface area contributed by atoms with Gasteiger partial charge in [-0.1, -0.05) is 18.9 Å². The molecule has 2 fully saturated rings. The Kier molecular flexibility index (Phi) is 5.39. The highest BCUT2D eigenvalue weighted by atomic mass is 16.5. The number of hydrogen-bond donors (Lipinski definition) is 0. The van der Waals surface area contributed by atoms with Gasteiger partial charge in [-0.3, -0.25) is 4.98 Å². The monoisotopic (exact) mass is 365 g/mol. The molecule has 8 heteroatoms. The van der Waals surface area contributed by atoms with E-state index in [-0.39, 0.29) is 5.82 Å². The van der Waals surface area contributed by atoms with Crippen LogP contribution in [0.1, 0.15) is 37.1 Å². The maximum Gasteiger partial charge on any atom is 0.238 e. The van der Waals surface area contributed by atoms with E-state index in [0.29, 0.717) is 37.7 Å². The largest absolute Gasteiger partial charge is 0.378 e. The van der Waals surface area contributed by atoms with E-state index in [4.69, 9.17) is 9.72 Å². The molecule has 0 radical (unpaired) electrons. The molecule has 27 heavy (non-hydrogen) atoms. The minimum atomic E-state index is 0.163. The molecule has 2 aromatic rings. The summed E-state index contributed by atoms with van der Waals surface area (Å²) in [6.45, 7) is 3.41. The molecule has 2 aliphatic rings. The van der Waals surface area contributed by atoms with E-state index < -0.39 is 0 Å². The minimum Gasteiger partial charge on any atom is -0.378 e. The van der Waals surface area contributed by atoms with Crippen molar-refractivity contribution in [2.45, 2.75) is 38.3 Å². The summed E-state index contributed by atoms with van der Waals surface area (Å²) in [5.41, 5.74) is 1.11. The first-order chi connectivity index (χ1) is 13.3. The molecular formula is C19H23N7O. The van der Waals surface area contributed by atoms with E-state index in [1.807, 2.05) is 12.3 Å². The maximum absolute atomic E-state index is 9.45. The van der Waals surface area contributed by atoms with Crippen LogP contribution >= 0.6 is 0 Å². The minimum absolute atomic E-state index is 0.163. The highest BCUT2D eigenvalue weighted by Crippen LogP contribution is 2.28. The SMILES string of the molecule is N#Cc1nc(N2CCOCC2)nc(N(Cc2cccnc2)C2CCCC2)n1. The van der Waals surface area contributed by atoms with Crippen LogP contribution in [0.15, 0.2) is 24.5 Å². The van der Waals surface area contributed by atoms with Crippen LogP contribution in [-0.4, -0.2) is 52.3 Å². The van der Waals surface area contributed by atoms with Crippen LogP contribution in [0.4, 0.5) is 11.9 Å². The predicted octanol–water partition coefficient (Wildman–Crippen LogP) is 1.92. The van der Waals surface area contributed by atoms with Crippen molar-refractivity contribution in [3.8, 4) is 6.07 Å². The normalized spacial score (nSPS) is 17.7. The first-order valence-corrected chi connectivity index (χ1v) is 9.48. The summed E-state index contributed by atoms with van der Waals surface area (Å²) in [6.07, 6.45) is 8.29. The van der Waals surface area contributed by atoms with Gasteiger partial charge in [0, 0.05) is 38.1 Å². The molecule has 1 aliphatic carbocycles. The maximum atomic E-state index is 9.45. The van der Waals surface area contributed by atoms with Gasteiger partial charge in [0.2, 0.25) is 17.7 Å². The van der Waals surface area contributed by atoms with Crippen molar-refractivity contribution < 1.29 is 4.74 Å². The molecule has 1 saturated carbocycles. The second-order valence-corrected chi connectivity index (χ2v) is 6.90. The molecule has 0 unspecified atom stereocenters. The Bertz CT molecular complexity index is 795. The molecule has 0 amide bonds. The van der Waals surface area contributed by atoms with Gasteiger partial charge < -0.3 is 14.5 Å². The number of ether oxygens (including phenoxy) is 1. The van der Waals surface area contributed by atoms with Crippen LogP contribution in [0.25, 0.3) is 0 Å². The number of hydrogen-bond acceptors (Lipinski definition) is 8. The summed E-state index contributed by atoms with van der Waals surface area (Å²) >= 11 is 0. The highest BCUT2D eigenvalue weighted by molar-refractivity contribution is 5.43. The third-order valence-corrected chi connectivity index (χ3v) is 5.10. The molecule has 0 atom stereocenters. The number of morpholine rings is 1. The number of nitrogens with zero attached hydrogens (tertiary/aromatic N) is 7. The zero-order valence-corrected chi connectivity index (χ0v) is 15.3. The van der Waals surface area contributed by atoms with Gasteiger partial charge >= 0.3 is 0 Å². The fraction of sp³-hybridized carbons (Fsp3) is 0.526. The predicted molar refractivity (Wildman–Crippen MR) is 100 cm³/mol. The summed E-state index contributed by atoms with van der Waals surface area (Å²) in [5, 5.41) is 9.45. The lowest BCUT2D eigenvalue weighted by Gasteiger charge is -2.31. The smallest absolute Gasteiger partial charge is 0.238 e. The van der Waals surface area contributed by atoms with Gasteiger partial charge in [0.1, 0.15) is 6.07 Å². The number of anilines is 2. The molecular weight excluding hydrogens is 342 g/mol. The van der Waals surface area contributed by atoms with E-state index in [9.17, 15) is 5.26 Å². The Morgan fingerprint density at radius 2 is 2.00 bits per heavy atom. The Hall–Kier alpha value is -2.79. The van der Waals surface area contributed by atoms with Crippen molar-refractivity contribution in [1.29, 1.82) is 5.26 Å². The molecule has 0 bridgehead atoms. The van der Waals surface area contributed by atoms with E-state index >= 15 is 0 Å². The zero-order chi connectivity index (χ0) is 18.5. The summed E-state index contributed by atoms with van der Waals surface area (Å²) in [5.74, 6) is 1.31. The Balaban J connectivity index is 1.68. The lowest BCUT2D eigenvalue weighted by molar-refractivity contribution is 0.122. The van der Waals surface area contributed by atoms with E-state index in [1.165, 1.54) is 12.8 Å². The third-order valence-electron chi connectivity index (χ3n) is 5.10. The van der Waals surface area contributed by atoms with Crippen molar-refractivity contribution in [2.75, 3.05) is 36.1 Å². The molecule has 0 spiro atoms. The van der Waals surface area contributed by atoms with E-state index in [2.05, 4.69) is 36.9 Å². The lowest BCUT2D eigenvalue weighted by atomic mass is 10.2. The van der Waals surface area contributed by atoms with Gasteiger partial charge in [-0.15, -0.1) is 0 Å². The van der Waals surface area contributed by atoms with Gasteiger partial charge in [0.25, 0.3) is 0 Å². The van der Waals surface area contributed by atoms with Crippen LogP contribution in [0, 0.1) is 11.3 Å². The van der Waals surface area contributed by atoms with Crippen LogP contribution in [-0.2, 0) is 11.3 Å². The highest BCUT2D eigenvalue weighted by Gasteiger charge is 2.27. The topological polar surface area (TPSA) is 91.1 Å². The number of pyridine rings is 1. The molecule has 0 N–H and O–H groups in total. The number of aromatic nitrogens is 4. The number of rotatable bonds is 5. The quantitative estimate of drug-likeness (QED) is 0.794. The van der Waals surface area contributed by atoms with Crippen LogP contribution in [0.2, 0.25) is 0 Å².